The largest absolute Gasteiger partial charge is 2.00 e. The van der Waals surface area contributed by atoms with Gasteiger partial charge in [-0.3, -0.25) is 0 Å². The summed E-state index contributed by atoms with van der Waals surface area (Å²) in [7, 11) is 0. The van der Waals surface area contributed by atoms with Crippen LogP contribution in [-0.4, -0.2) is 45.5 Å². The molecule has 4 heavy (non-hydrogen) atoms. The van der Waals surface area contributed by atoms with Crippen LogP contribution in [0.5, 0.6) is 0 Å². The molecule has 0 N–H and O–H groups in total. The Balaban J connectivity index is 0. The molecule has 0 fully saturated rings. The van der Waals surface area contributed by atoms with Crippen LogP contribution in [0.15, 0.2) is 0 Å². The summed E-state index contributed by atoms with van der Waals surface area (Å²) in [4.78, 5) is 0. The summed E-state index contributed by atoms with van der Waals surface area (Å²) in [5, 5.41) is 0. The second kappa shape index (κ2) is 15.7. The van der Waals surface area contributed by atoms with Gasteiger partial charge >= 0.3 is 45.5 Å². The normalized spacial score (nSPS) is 0. The molecule has 4 heteroatoms. The van der Waals surface area contributed by atoms with E-state index in [0.717, 1.165) is 0 Å². The van der Waals surface area contributed by atoms with Crippen molar-refractivity contribution in [2.45, 2.75) is 0 Å². The molecule has 0 amide bonds. The van der Waals surface area contributed by atoms with Crippen LogP contribution in [0.25, 0.3) is 0 Å². The number of rotatable bonds is 0. The van der Waals surface area contributed by atoms with E-state index in [9.17, 15) is 0 Å². The number of hydrogen-bond donors (Lipinski definition) is 0. The second-order valence-corrected chi connectivity index (χ2v) is 0. The van der Waals surface area contributed by atoms with Crippen LogP contribution >= 0.6 is 0 Å². The van der Waals surface area contributed by atoms with E-state index in [2.05, 4.69) is 0 Å². The van der Waals surface area contributed by atoms with Crippen molar-refractivity contribution in [1.82, 2.24) is 0 Å². The Morgan fingerprint density at radius 3 is 1.25 bits per heavy atom. The average Bonchev–Trinajstić information content (AvgIpc) is 0. The van der Waals surface area contributed by atoms with Crippen LogP contribution in [-0.2, 0) is 43.3 Å². The molecule has 0 nitrogen and oxygen atoms in total. The summed E-state index contributed by atoms with van der Waals surface area (Å²) in [5.74, 6) is 0. The van der Waals surface area contributed by atoms with Crippen molar-refractivity contribution in [3.8, 4) is 0 Å². The molecule has 0 aliphatic rings. The minimum Gasteiger partial charge on any atom is -1.00 e. The fraction of sp³-hybridized carbons (Fsp3) is 0. The summed E-state index contributed by atoms with van der Waals surface area (Å²) in [6.45, 7) is 0. The van der Waals surface area contributed by atoms with Gasteiger partial charge in [0.15, 0.2) is 0 Å². The maximum atomic E-state index is 0. The van der Waals surface area contributed by atoms with Crippen molar-refractivity contribution in [1.29, 1.82) is 0 Å². The molecule has 0 rings (SSSR count). The van der Waals surface area contributed by atoms with Gasteiger partial charge in [0, 0.05) is 78.9 Å². The zero-order chi connectivity index (χ0) is 0. The maximum Gasteiger partial charge on any atom is 2.00 e. The second-order valence-electron chi connectivity index (χ2n) is 0. The fourth-order valence-corrected chi connectivity index (χ4v) is 0. The van der Waals surface area contributed by atoms with Gasteiger partial charge in [0.25, 0.3) is 0 Å². The van der Waals surface area contributed by atoms with Gasteiger partial charge in [-0.1, -0.05) is 0 Å². The molecule has 0 aromatic heterocycles. The molecule has 0 heterocycles. The van der Waals surface area contributed by atoms with Crippen LogP contribution < -0.4 is 0 Å². The van der Waals surface area contributed by atoms with E-state index in [1.807, 2.05) is 0 Å². The van der Waals surface area contributed by atoms with E-state index < -0.39 is 0 Å². The summed E-state index contributed by atoms with van der Waals surface area (Å²) in [5.41, 5.74) is 0. The van der Waals surface area contributed by atoms with Crippen molar-refractivity contribution in [3.63, 3.8) is 0 Å². The van der Waals surface area contributed by atoms with Crippen molar-refractivity contribution in [2.24, 2.45) is 0 Å². The fourth-order valence-electron chi connectivity index (χ4n) is 0. The molecular formula is H2FeLaSrZr. The Kier molecular flexibility index (Phi) is 95.7. The third kappa shape index (κ3) is 9.42. The molecule has 0 bridgehead atoms. The van der Waals surface area contributed by atoms with Crippen LogP contribution in [0, 0.1) is 35.6 Å². The van der Waals surface area contributed by atoms with E-state index in [4.69, 9.17) is 0 Å². The van der Waals surface area contributed by atoms with Gasteiger partial charge in [0.1, 0.15) is 0 Å². The Bertz CT molecular complexity index is 13.5. The molecule has 0 unspecified atom stereocenters. The van der Waals surface area contributed by atoms with E-state index >= 15 is 0 Å². The zero-order valence-corrected chi connectivity index (χ0v) is 12.8. The summed E-state index contributed by atoms with van der Waals surface area (Å²) in [6, 6.07) is 0. The van der Waals surface area contributed by atoms with E-state index in [1.54, 1.807) is 0 Å². The molecule has 1 radical (unpaired) electrons. The van der Waals surface area contributed by atoms with Crippen molar-refractivity contribution >= 4 is 45.5 Å². The van der Waals surface area contributed by atoms with Crippen LogP contribution in [0.2, 0.25) is 0 Å². The smallest absolute Gasteiger partial charge is 1.00 e. The molecule has 19 valence electrons. The summed E-state index contributed by atoms with van der Waals surface area (Å²) in [6.07, 6.45) is 0. The van der Waals surface area contributed by atoms with Gasteiger partial charge in [-0.05, 0) is 0 Å². The predicted octanol–water partition coefficient (Wildman–Crippen LogP) is -0.161. The molecule has 0 aromatic rings. The zero-order valence-electron chi connectivity index (χ0n) is 4.14. The van der Waals surface area contributed by atoms with Gasteiger partial charge in [-0.25, -0.2) is 0 Å². The van der Waals surface area contributed by atoms with Gasteiger partial charge in [0.2, 0.25) is 0 Å². The van der Waals surface area contributed by atoms with E-state index in [1.165, 1.54) is 0 Å². The first-order valence-electron chi connectivity index (χ1n) is 0. The standard InChI is InChI=1S/Fe.La.Sr.Zr.2H/q;;+2;;2*-1. The van der Waals surface area contributed by atoms with Gasteiger partial charge in [0.05, 0.1) is 0 Å². The van der Waals surface area contributed by atoms with Gasteiger partial charge in [-0.15, -0.1) is 0 Å². The molecule has 0 atom stereocenters. The van der Waals surface area contributed by atoms with Crippen molar-refractivity contribution < 1.29 is 81.7 Å². The van der Waals surface area contributed by atoms with Crippen LogP contribution in [0.4, 0.5) is 0 Å². The predicted molar refractivity (Wildman–Crippen MR) is 7.98 cm³/mol. The van der Waals surface area contributed by atoms with Gasteiger partial charge < -0.3 is 2.85 Å². The Hall–Kier alpha value is 4.08. The van der Waals surface area contributed by atoms with Crippen molar-refractivity contribution in [2.75, 3.05) is 0 Å². The third-order valence-corrected chi connectivity index (χ3v) is 0. The summed E-state index contributed by atoms with van der Waals surface area (Å²) < 4.78 is 0. The Morgan fingerprint density at radius 2 is 1.25 bits per heavy atom. The monoisotopic (exact) mass is 375 g/mol. The SMILES string of the molecule is [Fe].[H-].[H-].[La].[Sr+2].[Zr]. The first-order chi connectivity index (χ1) is 0. The quantitative estimate of drug-likeness (QED) is 0.516. The molecular weight excluding hydrogens is 374 g/mol. The van der Waals surface area contributed by atoms with Crippen molar-refractivity contribution in [3.05, 3.63) is 0 Å². The molecule has 0 aliphatic heterocycles. The minimum absolute atomic E-state index is 0. The third-order valence-electron chi connectivity index (χ3n) is 0. The van der Waals surface area contributed by atoms with E-state index in [0.29, 0.717) is 0 Å². The molecule has 0 aromatic carbocycles. The van der Waals surface area contributed by atoms with Crippen LogP contribution in [0.1, 0.15) is 2.85 Å². The topological polar surface area (TPSA) is 0 Å². The molecule has 0 spiro atoms. The molecule has 0 saturated carbocycles. The Morgan fingerprint density at radius 1 is 1.25 bits per heavy atom. The van der Waals surface area contributed by atoms with Crippen LogP contribution in [0.3, 0.4) is 0 Å². The maximum absolute atomic E-state index is 0. The Labute approximate surface area is 124 Å². The molecule has 0 saturated heterocycles. The number of hydrogen-bond acceptors (Lipinski definition) is 0. The summed E-state index contributed by atoms with van der Waals surface area (Å²) >= 11 is 0. The van der Waals surface area contributed by atoms with Gasteiger partial charge in [-0.2, -0.15) is 0 Å². The minimum atomic E-state index is 0. The van der Waals surface area contributed by atoms with E-state index in [-0.39, 0.29) is 127 Å². The first kappa shape index (κ1) is 24.3. The molecule has 0 aliphatic carbocycles. The first-order valence-corrected chi connectivity index (χ1v) is 0. The average molecular weight is 376 g/mol.